The van der Waals surface area contributed by atoms with Crippen LogP contribution < -0.4 is 4.90 Å². The second-order valence-electron chi connectivity index (χ2n) is 11.2. The van der Waals surface area contributed by atoms with Gasteiger partial charge in [-0.15, -0.1) is 0 Å². The first-order chi connectivity index (χ1) is 16.9. The molecule has 3 aliphatic rings. The van der Waals surface area contributed by atoms with E-state index in [1.807, 2.05) is 6.92 Å². The van der Waals surface area contributed by atoms with E-state index in [2.05, 4.69) is 29.7 Å². The fourth-order valence-electron chi connectivity index (χ4n) is 6.59. The van der Waals surface area contributed by atoms with Crippen molar-refractivity contribution in [2.75, 3.05) is 37.6 Å². The zero-order valence-electron chi connectivity index (χ0n) is 21.7. The SMILES string of the molecule is CC(=O)O[C@@H]1C[C@@]2(O)[C@H](C)CC[C@@H]([C@H](C)CN3CCN(c4ccc(C(F)(F)F)cc4)CC3)[C@H]2C=C1C. The minimum absolute atomic E-state index is 0.0384. The molecule has 0 spiro atoms. The number of esters is 1. The van der Waals surface area contributed by atoms with Gasteiger partial charge in [-0.25, -0.2) is 0 Å². The standard InChI is InChI=1S/C28H39F3N2O3/c1-18-15-25-24(10-5-20(3)27(25,35)16-26(18)36-21(4)34)19(2)17-32-11-13-33(14-12-32)23-8-6-22(7-9-23)28(29,30)31/h6-9,15,19-20,24-26,35H,5,10-14,16-17H2,1-4H3/t19-,20-,24+,25-,26-,27-/m1/s1. The highest BCUT2D eigenvalue weighted by molar-refractivity contribution is 5.66. The van der Waals surface area contributed by atoms with Gasteiger partial charge >= 0.3 is 12.1 Å². The van der Waals surface area contributed by atoms with E-state index in [9.17, 15) is 23.1 Å². The summed E-state index contributed by atoms with van der Waals surface area (Å²) in [5, 5.41) is 11.8. The molecule has 0 amide bonds. The molecule has 0 unspecified atom stereocenters. The number of piperazine rings is 1. The van der Waals surface area contributed by atoms with Crippen LogP contribution in [0.25, 0.3) is 0 Å². The first-order valence-corrected chi connectivity index (χ1v) is 13.1. The maximum Gasteiger partial charge on any atom is 0.416 e. The molecule has 1 N–H and O–H groups in total. The average Bonchev–Trinajstić information content (AvgIpc) is 2.81. The molecule has 8 heteroatoms. The highest BCUT2D eigenvalue weighted by Crippen LogP contribution is 2.51. The number of carbonyl (C=O) groups excluding carboxylic acids is 1. The Hall–Kier alpha value is -2.06. The highest BCUT2D eigenvalue weighted by atomic mass is 19.4. The molecule has 1 saturated carbocycles. The van der Waals surface area contributed by atoms with Gasteiger partial charge in [-0.1, -0.05) is 19.9 Å². The Morgan fingerprint density at radius 2 is 1.81 bits per heavy atom. The van der Waals surface area contributed by atoms with Gasteiger partial charge in [-0.2, -0.15) is 13.2 Å². The smallest absolute Gasteiger partial charge is 0.416 e. The number of anilines is 1. The van der Waals surface area contributed by atoms with Crippen LogP contribution in [0.5, 0.6) is 0 Å². The number of ether oxygens (including phenoxy) is 1. The van der Waals surface area contributed by atoms with Gasteiger partial charge in [0.1, 0.15) is 6.10 Å². The molecule has 1 aromatic rings. The predicted molar refractivity (Wildman–Crippen MR) is 134 cm³/mol. The predicted octanol–water partition coefficient (Wildman–Crippen LogP) is 5.14. The number of rotatable bonds is 5. The molecule has 1 heterocycles. The second-order valence-corrected chi connectivity index (χ2v) is 11.2. The Labute approximate surface area is 212 Å². The third-order valence-electron chi connectivity index (χ3n) is 8.80. The van der Waals surface area contributed by atoms with Crippen LogP contribution >= 0.6 is 0 Å². The minimum Gasteiger partial charge on any atom is -0.458 e. The number of halogens is 3. The number of hydrogen-bond donors (Lipinski definition) is 1. The summed E-state index contributed by atoms with van der Waals surface area (Å²) in [6.07, 6.45) is -0.0546. The minimum atomic E-state index is -4.32. The molecule has 36 heavy (non-hydrogen) atoms. The zero-order chi connectivity index (χ0) is 26.3. The van der Waals surface area contributed by atoms with Crippen molar-refractivity contribution in [2.24, 2.45) is 23.7 Å². The van der Waals surface area contributed by atoms with Crippen LogP contribution in [-0.4, -0.2) is 60.4 Å². The molecule has 5 nitrogen and oxygen atoms in total. The van der Waals surface area contributed by atoms with E-state index in [1.54, 1.807) is 12.1 Å². The summed E-state index contributed by atoms with van der Waals surface area (Å²) < 4.78 is 44.1. The quantitative estimate of drug-likeness (QED) is 0.441. The van der Waals surface area contributed by atoms with Gasteiger partial charge in [-0.05, 0) is 67.4 Å². The summed E-state index contributed by atoms with van der Waals surface area (Å²) in [6, 6.07) is 5.43. The Morgan fingerprint density at radius 1 is 1.17 bits per heavy atom. The fraction of sp³-hybridized carbons (Fsp3) is 0.679. The third-order valence-corrected chi connectivity index (χ3v) is 8.80. The normalized spacial score (nSPS) is 32.4. The van der Waals surface area contributed by atoms with E-state index in [4.69, 9.17) is 4.74 Å². The summed E-state index contributed by atoms with van der Waals surface area (Å²) in [4.78, 5) is 16.2. The average molecular weight is 509 g/mol. The number of fused-ring (bicyclic) bond motifs is 1. The lowest BCUT2D eigenvalue weighted by Gasteiger charge is -2.53. The lowest BCUT2D eigenvalue weighted by atomic mass is 9.57. The summed E-state index contributed by atoms with van der Waals surface area (Å²) in [7, 11) is 0. The van der Waals surface area contributed by atoms with Crippen LogP contribution in [0.3, 0.4) is 0 Å². The first-order valence-electron chi connectivity index (χ1n) is 13.1. The molecule has 6 atom stereocenters. The van der Waals surface area contributed by atoms with E-state index >= 15 is 0 Å². The van der Waals surface area contributed by atoms with Crippen molar-refractivity contribution >= 4 is 11.7 Å². The van der Waals surface area contributed by atoms with Gasteiger partial charge in [0.25, 0.3) is 0 Å². The van der Waals surface area contributed by atoms with Crippen molar-refractivity contribution in [3.05, 3.63) is 41.5 Å². The van der Waals surface area contributed by atoms with E-state index in [-0.39, 0.29) is 23.9 Å². The van der Waals surface area contributed by atoms with Crippen LogP contribution in [0.4, 0.5) is 18.9 Å². The van der Waals surface area contributed by atoms with Gasteiger partial charge in [0.05, 0.1) is 11.2 Å². The van der Waals surface area contributed by atoms with Crippen molar-refractivity contribution in [3.63, 3.8) is 0 Å². The number of hydrogen-bond acceptors (Lipinski definition) is 5. The van der Waals surface area contributed by atoms with E-state index in [0.717, 1.165) is 69.0 Å². The molecule has 2 aliphatic carbocycles. The van der Waals surface area contributed by atoms with E-state index < -0.39 is 17.3 Å². The maximum atomic E-state index is 12.9. The molecule has 0 bridgehead atoms. The Balaban J connectivity index is 1.37. The highest BCUT2D eigenvalue weighted by Gasteiger charge is 2.52. The number of alkyl halides is 3. The fourth-order valence-corrected chi connectivity index (χ4v) is 6.59. The van der Waals surface area contributed by atoms with Crippen molar-refractivity contribution in [2.45, 2.75) is 64.8 Å². The summed E-state index contributed by atoms with van der Waals surface area (Å²) in [5.41, 5.74) is 0.355. The molecule has 1 aromatic carbocycles. The second kappa shape index (κ2) is 10.4. The molecule has 4 rings (SSSR count). The number of nitrogens with zero attached hydrogens (tertiary/aromatic N) is 2. The van der Waals surface area contributed by atoms with Crippen molar-refractivity contribution in [3.8, 4) is 0 Å². The molecule has 200 valence electrons. The molecule has 0 aromatic heterocycles. The van der Waals surface area contributed by atoms with Crippen LogP contribution in [-0.2, 0) is 15.7 Å². The van der Waals surface area contributed by atoms with Crippen LogP contribution in [0, 0.1) is 23.7 Å². The van der Waals surface area contributed by atoms with Gasteiger partial charge in [0, 0.05) is 57.7 Å². The lowest BCUT2D eigenvalue weighted by Crippen LogP contribution is -2.56. The van der Waals surface area contributed by atoms with E-state index in [0.29, 0.717) is 18.3 Å². The summed E-state index contributed by atoms with van der Waals surface area (Å²) in [5.74, 6) is 0.573. The van der Waals surface area contributed by atoms with Gasteiger partial charge in [0.2, 0.25) is 0 Å². The van der Waals surface area contributed by atoms with Gasteiger partial charge in [-0.3, -0.25) is 9.69 Å². The maximum absolute atomic E-state index is 12.9. The summed E-state index contributed by atoms with van der Waals surface area (Å²) >= 11 is 0. The van der Waals surface area contributed by atoms with Gasteiger partial charge in [0.15, 0.2) is 0 Å². The molecular weight excluding hydrogens is 469 g/mol. The topological polar surface area (TPSA) is 53.0 Å². The molecular formula is C28H39F3N2O3. The monoisotopic (exact) mass is 508 g/mol. The van der Waals surface area contributed by atoms with Gasteiger partial charge < -0.3 is 14.7 Å². The Kier molecular flexibility index (Phi) is 7.77. The largest absolute Gasteiger partial charge is 0.458 e. The zero-order valence-corrected chi connectivity index (χ0v) is 21.7. The van der Waals surface area contributed by atoms with Crippen LogP contribution in [0.2, 0.25) is 0 Å². The van der Waals surface area contributed by atoms with Crippen molar-refractivity contribution in [1.82, 2.24) is 4.90 Å². The van der Waals surface area contributed by atoms with Crippen LogP contribution in [0.1, 0.15) is 52.5 Å². The van der Waals surface area contributed by atoms with Crippen LogP contribution in [0.15, 0.2) is 35.9 Å². The van der Waals surface area contributed by atoms with Crippen molar-refractivity contribution in [1.29, 1.82) is 0 Å². The Bertz CT molecular complexity index is 956. The number of benzene rings is 1. The number of aliphatic hydroxyl groups is 1. The van der Waals surface area contributed by atoms with Crippen molar-refractivity contribution < 1.29 is 27.8 Å². The molecule has 0 radical (unpaired) electrons. The first kappa shape index (κ1) is 27.0. The third kappa shape index (κ3) is 5.59. The molecule has 1 saturated heterocycles. The van der Waals surface area contributed by atoms with E-state index in [1.165, 1.54) is 6.92 Å². The molecule has 2 fully saturated rings. The Morgan fingerprint density at radius 3 is 2.39 bits per heavy atom. The number of carbonyl (C=O) groups is 1. The summed E-state index contributed by atoms with van der Waals surface area (Å²) in [6.45, 7) is 12.0. The lowest BCUT2D eigenvalue weighted by molar-refractivity contribution is -0.159. The molecule has 1 aliphatic heterocycles.